The van der Waals surface area contributed by atoms with Gasteiger partial charge in [0.1, 0.15) is 5.78 Å². The summed E-state index contributed by atoms with van der Waals surface area (Å²) >= 11 is 0. The number of hydrogen-bond acceptors (Lipinski definition) is 2. The summed E-state index contributed by atoms with van der Waals surface area (Å²) in [6.07, 6.45) is 0.566. The van der Waals surface area contributed by atoms with E-state index in [1.807, 2.05) is 24.3 Å². The Balaban J connectivity index is 2.91. The molecule has 2 heteroatoms. The lowest BCUT2D eigenvalue weighted by molar-refractivity contribution is -0.118. The van der Waals surface area contributed by atoms with Gasteiger partial charge in [-0.3, -0.25) is 4.79 Å². The standard InChI is InChI=1S/C12H17NO/c1-9(14)8-12(2,3)10-4-6-11(13)7-5-10/h4-7H,8,13H2,1-3H3. The van der Waals surface area contributed by atoms with Gasteiger partial charge in [0, 0.05) is 12.1 Å². The minimum atomic E-state index is -0.0977. The Morgan fingerprint density at radius 1 is 1.29 bits per heavy atom. The van der Waals surface area contributed by atoms with Crippen molar-refractivity contribution < 1.29 is 4.79 Å². The Kier molecular flexibility index (Phi) is 2.94. The fourth-order valence-electron chi connectivity index (χ4n) is 1.66. The Morgan fingerprint density at radius 3 is 2.21 bits per heavy atom. The average molecular weight is 191 g/mol. The molecule has 0 aliphatic rings. The Bertz CT molecular complexity index is 325. The highest BCUT2D eigenvalue weighted by atomic mass is 16.1. The Labute approximate surface area is 85.1 Å². The van der Waals surface area contributed by atoms with Gasteiger partial charge in [-0.15, -0.1) is 0 Å². The van der Waals surface area contributed by atoms with Crippen LogP contribution in [0.15, 0.2) is 24.3 Å². The highest BCUT2D eigenvalue weighted by Crippen LogP contribution is 2.27. The molecule has 0 bridgehead atoms. The molecule has 0 amide bonds. The molecule has 0 radical (unpaired) electrons. The smallest absolute Gasteiger partial charge is 0.130 e. The first-order valence-corrected chi connectivity index (χ1v) is 4.77. The van der Waals surface area contributed by atoms with Gasteiger partial charge in [0.15, 0.2) is 0 Å². The van der Waals surface area contributed by atoms with E-state index >= 15 is 0 Å². The quantitative estimate of drug-likeness (QED) is 0.746. The first-order chi connectivity index (χ1) is 6.42. The second-order valence-electron chi connectivity index (χ2n) is 4.38. The van der Waals surface area contributed by atoms with Crippen molar-refractivity contribution in [1.29, 1.82) is 0 Å². The normalized spacial score (nSPS) is 11.4. The van der Waals surface area contributed by atoms with Gasteiger partial charge in [-0.1, -0.05) is 26.0 Å². The fourth-order valence-corrected chi connectivity index (χ4v) is 1.66. The zero-order valence-corrected chi connectivity index (χ0v) is 9.00. The molecule has 0 saturated heterocycles. The molecular weight excluding hydrogens is 174 g/mol. The first kappa shape index (κ1) is 10.8. The van der Waals surface area contributed by atoms with Crippen LogP contribution in [-0.4, -0.2) is 5.78 Å². The summed E-state index contributed by atoms with van der Waals surface area (Å²) in [5.41, 5.74) is 7.42. The third kappa shape index (κ3) is 2.59. The minimum Gasteiger partial charge on any atom is -0.399 e. The maximum Gasteiger partial charge on any atom is 0.130 e. The van der Waals surface area contributed by atoms with Gasteiger partial charge >= 0.3 is 0 Å². The molecule has 0 saturated carbocycles. The van der Waals surface area contributed by atoms with E-state index in [1.54, 1.807) is 6.92 Å². The zero-order valence-electron chi connectivity index (χ0n) is 9.00. The summed E-state index contributed by atoms with van der Waals surface area (Å²) in [5.74, 6) is 0.215. The van der Waals surface area contributed by atoms with E-state index < -0.39 is 0 Å². The summed E-state index contributed by atoms with van der Waals surface area (Å²) in [6.45, 7) is 5.76. The van der Waals surface area contributed by atoms with Gasteiger partial charge in [-0.2, -0.15) is 0 Å². The first-order valence-electron chi connectivity index (χ1n) is 4.77. The number of nitrogen functional groups attached to an aromatic ring is 1. The van der Waals surface area contributed by atoms with Crippen molar-refractivity contribution in [3.05, 3.63) is 29.8 Å². The van der Waals surface area contributed by atoms with Crippen molar-refractivity contribution in [2.24, 2.45) is 0 Å². The van der Waals surface area contributed by atoms with Gasteiger partial charge in [0.25, 0.3) is 0 Å². The predicted molar refractivity (Wildman–Crippen MR) is 59.2 cm³/mol. The molecule has 1 aromatic rings. The molecule has 2 nitrogen and oxygen atoms in total. The fraction of sp³-hybridized carbons (Fsp3) is 0.417. The molecule has 0 unspecified atom stereocenters. The van der Waals surface area contributed by atoms with E-state index in [0.717, 1.165) is 11.3 Å². The topological polar surface area (TPSA) is 43.1 Å². The molecular formula is C12H17NO. The Hall–Kier alpha value is -1.31. The van der Waals surface area contributed by atoms with Crippen LogP contribution in [0.4, 0.5) is 5.69 Å². The van der Waals surface area contributed by atoms with Crippen LogP contribution in [-0.2, 0) is 10.2 Å². The molecule has 2 N–H and O–H groups in total. The van der Waals surface area contributed by atoms with E-state index in [0.29, 0.717) is 6.42 Å². The largest absolute Gasteiger partial charge is 0.399 e. The molecule has 1 rings (SSSR count). The number of Topliss-reactive ketones (excluding diaryl/α,β-unsaturated/α-hetero) is 1. The average Bonchev–Trinajstić information content (AvgIpc) is 2.02. The molecule has 14 heavy (non-hydrogen) atoms. The molecule has 0 aliphatic carbocycles. The number of anilines is 1. The van der Waals surface area contributed by atoms with E-state index in [9.17, 15) is 4.79 Å². The highest BCUT2D eigenvalue weighted by Gasteiger charge is 2.21. The zero-order chi connectivity index (χ0) is 10.8. The minimum absolute atomic E-state index is 0.0977. The van der Waals surface area contributed by atoms with Crippen LogP contribution in [0.1, 0.15) is 32.8 Å². The summed E-state index contributed by atoms with van der Waals surface area (Å²) in [7, 11) is 0. The molecule has 0 aliphatic heterocycles. The maximum absolute atomic E-state index is 11.1. The lowest BCUT2D eigenvalue weighted by Gasteiger charge is -2.23. The van der Waals surface area contributed by atoms with E-state index in [2.05, 4.69) is 13.8 Å². The number of benzene rings is 1. The van der Waals surface area contributed by atoms with Crippen LogP contribution in [0.5, 0.6) is 0 Å². The van der Waals surface area contributed by atoms with Crippen molar-refractivity contribution in [3.8, 4) is 0 Å². The van der Waals surface area contributed by atoms with Gasteiger partial charge in [-0.05, 0) is 30.0 Å². The summed E-state index contributed by atoms with van der Waals surface area (Å²) in [5, 5.41) is 0. The molecule has 0 fully saturated rings. The van der Waals surface area contributed by atoms with Crippen molar-refractivity contribution in [2.45, 2.75) is 32.6 Å². The van der Waals surface area contributed by atoms with E-state index in [4.69, 9.17) is 5.73 Å². The number of rotatable bonds is 3. The molecule has 0 spiro atoms. The van der Waals surface area contributed by atoms with Crippen LogP contribution in [0.25, 0.3) is 0 Å². The molecule has 0 aromatic heterocycles. The molecule has 76 valence electrons. The van der Waals surface area contributed by atoms with Gasteiger partial charge in [-0.25, -0.2) is 0 Å². The number of carbonyl (C=O) groups excluding carboxylic acids is 1. The maximum atomic E-state index is 11.1. The van der Waals surface area contributed by atoms with Crippen LogP contribution in [0.2, 0.25) is 0 Å². The number of ketones is 1. The lowest BCUT2D eigenvalue weighted by atomic mass is 9.80. The number of hydrogen-bond donors (Lipinski definition) is 1. The molecule has 0 heterocycles. The van der Waals surface area contributed by atoms with Crippen molar-refractivity contribution >= 4 is 11.5 Å². The third-order valence-electron chi connectivity index (χ3n) is 2.38. The summed E-state index contributed by atoms with van der Waals surface area (Å²) in [4.78, 5) is 11.1. The number of carbonyl (C=O) groups is 1. The molecule has 0 atom stereocenters. The number of nitrogens with two attached hydrogens (primary N) is 1. The Morgan fingerprint density at radius 2 is 1.79 bits per heavy atom. The van der Waals surface area contributed by atoms with Gasteiger partial charge in [0.05, 0.1) is 0 Å². The van der Waals surface area contributed by atoms with E-state index in [1.165, 1.54) is 0 Å². The SMILES string of the molecule is CC(=O)CC(C)(C)c1ccc(N)cc1. The second-order valence-corrected chi connectivity index (χ2v) is 4.38. The second kappa shape index (κ2) is 3.82. The summed E-state index contributed by atoms with van der Waals surface area (Å²) < 4.78 is 0. The third-order valence-corrected chi connectivity index (χ3v) is 2.38. The summed E-state index contributed by atoms with van der Waals surface area (Å²) in [6, 6.07) is 7.71. The lowest BCUT2D eigenvalue weighted by Crippen LogP contribution is -2.20. The van der Waals surface area contributed by atoms with Gasteiger partial charge in [0.2, 0.25) is 0 Å². The van der Waals surface area contributed by atoms with Crippen molar-refractivity contribution in [1.82, 2.24) is 0 Å². The van der Waals surface area contributed by atoms with Crippen LogP contribution in [0, 0.1) is 0 Å². The molecule has 1 aromatic carbocycles. The predicted octanol–water partition coefficient (Wildman–Crippen LogP) is 2.53. The van der Waals surface area contributed by atoms with Crippen LogP contribution in [0.3, 0.4) is 0 Å². The highest BCUT2D eigenvalue weighted by molar-refractivity contribution is 5.77. The van der Waals surface area contributed by atoms with Crippen LogP contribution < -0.4 is 5.73 Å². The van der Waals surface area contributed by atoms with Crippen molar-refractivity contribution in [3.63, 3.8) is 0 Å². The monoisotopic (exact) mass is 191 g/mol. The van der Waals surface area contributed by atoms with Crippen LogP contribution >= 0.6 is 0 Å². The van der Waals surface area contributed by atoms with Crippen molar-refractivity contribution in [2.75, 3.05) is 5.73 Å². The van der Waals surface area contributed by atoms with E-state index in [-0.39, 0.29) is 11.2 Å². The van der Waals surface area contributed by atoms with Gasteiger partial charge < -0.3 is 5.73 Å².